The molecule has 0 amide bonds. The molecule has 0 aliphatic rings. The van der Waals surface area contributed by atoms with Crippen LogP contribution in [0.3, 0.4) is 0 Å². The standard InChI is InChI=1S/C12H13ClO2/c1-4-15-11-6-5-9(7-10(11)13)12(14)8(2)3/h5-7H,2,4H2,1,3H3. The highest BCUT2D eigenvalue weighted by atomic mass is 35.5. The average Bonchev–Trinajstić information content (AvgIpc) is 2.20. The van der Waals surface area contributed by atoms with Crippen molar-refractivity contribution in [2.75, 3.05) is 6.61 Å². The molecule has 80 valence electrons. The van der Waals surface area contributed by atoms with E-state index in [1.807, 2.05) is 6.92 Å². The second kappa shape index (κ2) is 4.99. The third-order valence-corrected chi connectivity index (χ3v) is 2.18. The lowest BCUT2D eigenvalue weighted by Gasteiger charge is -2.06. The van der Waals surface area contributed by atoms with Crippen molar-refractivity contribution < 1.29 is 9.53 Å². The number of hydrogen-bond donors (Lipinski definition) is 0. The maximum atomic E-state index is 11.6. The third-order valence-electron chi connectivity index (χ3n) is 1.88. The first-order chi connectivity index (χ1) is 7.06. The number of rotatable bonds is 4. The minimum absolute atomic E-state index is 0.0973. The van der Waals surface area contributed by atoms with E-state index in [1.54, 1.807) is 25.1 Å². The van der Waals surface area contributed by atoms with Crippen LogP contribution >= 0.6 is 11.6 Å². The quantitative estimate of drug-likeness (QED) is 0.578. The van der Waals surface area contributed by atoms with Gasteiger partial charge in [-0.15, -0.1) is 0 Å². The molecule has 2 nitrogen and oxygen atoms in total. The van der Waals surface area contributed by atoms with Crippen molar-refractivity contribution in [2.45, 2.75) is 13.8 Å². The maximum Gasteiger partial charge on any atom is 0.188 e. The molecule has 0 fully saturated rings. The highest BCUT2D eigenvalue weighted by molar-refractivity contribution is 6.32. The van der Waals surface area contributed by atoms with E-state index in [0.29, 0.717) is 28.5 Å². The van der Waals surface area contributed by atoms with E-state index in [1.165, 1.54) is 0 Å². The van der Waals surface area contributed by atoms with Crippen molar-refractivity contribution in [3.8, 4) is 5.75 Å². The van der Waals surface area contributed by atoms with Gasteiger partial charge in [0.15, 0.2) is 5.78 Å². The van der Waals surface area contributed by atoms with Gasteiger partial charge in [-0.2, -0.15) is 0 Å². The minimum Gasteiger partial charge on any atom is -0.492 e. The molecule has 0 aliphatic heterocycles. The summed E-state index contributed by atoms with van der Waals surface area (Å²) in [5, 5.41) is 0.448. The number of ether oxygens (including phenoxy) is 1. The first kappa shape index (κ1) is 11.8. The van der Waals surface area contributed by atoms with Crippen molar-refractivity contribution in [3.05, 3.63) is 40.9 Å². The number of carbonyl (C=O) groups excluding carboxylic acids is 1. The van der Waals surface area contributed by atoms with Crippen molar-refractivity contribution >= 4 is 17.4 Å². The fourth-order valence-corrected chi connectivity index (χ4v) is 1.40. The van der Waals surface area contributed by atoms with Crippen molar-refractivity contribution in [2.24, 2.45) is 0 Å². The molecule has 3 heteroatoms. The van der Waals surface area contributed by atoms with Crippen molar-refractivity contribution in [1.82, 2.24) is 0 Å². The number of allylic oxidation sites excluding steroid dienone is 1. The Kier molecular flexibility index (Phi) is 3.92. The highest BCUT2D eigenvalue weighted by Crippen LogP contribution is 2.26. The monoisotopic (exact) mass is 224 g/mol. The SMILES string of the molecule is C=C(C)C(=O)c1ccc(OCC)c(Cl)c1. The number of halogens is 1. The predicted molar refractivity (Wildman–Crippen MR) is 61.8 cm³/mol. The van der Waals surface area contributed by atoms with E-state index in [4.69, 9.17) is 16.3 Å². The van der Waals surface area contributed by atoms with Crippen molar-refractivity contribution in [3.63, 3.8) is 0 Å². The topological polar surface area (TPSA) is 26.3 Å². The van der Waals surface area contributed by atoms with E-state index in [9.17, 15) is 4.79 Å². The van der Waals surface area contributed by atoms with Gasteiger partial charge in [0.2, 0.25) is 0 Å². The Labute approximate surface area is 94.5 Å². The van der Waals surface area contributed by atoms with Crippen LogP contribution in [0.25, 0.3) is 0 Å². The van der Waals surface area contributed by atoms with Crippen LogP contribution in [-0.4, -0.2) is 12.4 Å². The zero-order valence-corrected chi connectivity index (χ0v) is 9.60. The van der Waals surface area contributed by atoms with Crippen LogP contribution in [0.5, 0.6) is 5.75 Å². The summed E-state index contributed by atoms with van der Waals surface area (Å²) < 4.78 is 5.27. The summed E-state index contributed by atoms with van der Waals surface area (Å²) in [6, 6.07) is 4.99. The summed E-state index contributed by atoms with van der Waals surface area (Å²) in [4.78, 5) is 11.6. The van der Waals surface area contributed by atoms with Crippen molar-refractivity contribution in [1.29, 1.82) is 0 Å². The van der Waals surface area contributed by atoms with E-state index >= 15 is 0 Å². The number of benzene rings is 1. The van der Waals surface area contributed by atoms with E-state index in [-0.39, 0.29) is 5.78 Å². The molecule has 0 N–H and O–H groups in total. The molecule has 0 unspecified atom stereocenters. The Hall–Kier alpha value is -1.28. The number of Topliss-reactive ketones (excluding diaryl/α,β-unsaturated/α-hetero) is 1. The maximum absolute atomic E-state index is 11.6. The van der Waals surface area contributed by atoms with Gasteiger partial charge < -0.3 is 4.74 Å². The molecular weight excluding hydrogens is 212 g/mol. The van der Waals surface area contributed by atoms with Gasteiger partial charge in [-0.05, 0) is 37.6 Å². The Morgan fingerprint density at radius 1 is 1.53 bits per heavy atom. The second-order valence-electron chi connectivity index (χ2n) is 3.19. The normalized spacial score (nSPS) is 9.80. The Bertz CT molecular complexity index is 397. The van der Waals surface area contributed by atoms with Gasteiger partial charge in [-0.25, -0.2) is 0 Å². The number of carbonyl (C=O) groups is 1. The van der Waals surface area contributed by atoms with Gasteiger partial charge in [-0.1, -0.05) is 18.2 Å². The lowest BCUT2D eigenvalue weighted by Crippen LogP contribution is -2.00. The van der Waals surface area contributed by atoms with E-state index in [2.05, 4.69) is 6.58 Å². The van der Waals surface area contributed by atoms with Crippen LogP contribution in [0.15, 0.2) is 30.4 Å². The summed E-state index contributed by atoms with van der Waals surface area (Å²) in [5.74, 6) is 0.498. The molecule has 0 saturated carbocycles. The van der Waals surface area contributed by atoms with Gasteiger partial charge >= 0.3 is 0 Å². The Morgan fingerprint density at radius 3 is 2.67 bits per heavy atom. The second-order valence-corrected chi connectivity index (χ2v) is 3.59. The number of ketones is 1. The first-order valence-corrected chi connectivity index (χ1v) is 5.06. The van der Waals surface area contributed by atoms with Crippen LogP contribution in [-0.2, 0) is 0 Å². The molecular formula is C12H13ClO2. The smallest absolute Gasteiger partial charge is 0.188 e. The molecule has 0 aliphatic carbocycles. The largest absolute Gasteiger partial charge is 0.492 e. The van der Waals surface area contributed by atoms with Gasteiger partial charge in [0.25, 0.3) is 0 Å². The van der Waals surface area contributed by atoms with Crippen LogP contribution in [0.1, 0.15) is 24.2 Å². The zero-order chi connectivity index (χ0) is 11.4. The van der Waals surface area contributed by atoms with Gasteiger partial charge in [0.1, 0.15) is 5.75 Å². The molecule has 0 bridgehead atoms. The molecule has 0 radical (unpaired) electrons. The molecule has 0 atom stereocenters. The molecule has 1 aromatic carbocycles. The van der Waals surface area contributed by atoms with Gasteiger partial charge in [0, 0.05) is 5.56 Å². The summed E-state index contributed by atoms with van der Waals surface area (Å²) in [6.07, 6.45) is 0. The van der Waals surface area contributed by atoms with Gasteiger partial charge in [-0.3, -0.25) is 4.79 Å². The Morgan fingerprint density at radius 2 is 2.20 bits per heavy atom. The van der Waals surface area contributed by atoms with E-state index < -0.39 is 0 Å². The third kappa shape index (κ3) is 2.83. The van der Waals surface area contributed by atoms with Gasteiger partial charge in [0.05, 0.1) is 11.6 Å². The lowest BCUT2D eigenvalue weighted by atomic mass is 10.1. The van der Waals surface area contributed by atoms with Crippen LogP contribution in [0.4, 0.5) is 0 Å². The first-order valence-electron chi connectivity index (χ1n) is 4.68. The average molecular weight is 225 g/mol. The summed E-state index contributed by atoms with van der Waals surface area (Å²) in [5.41, 5.74) is 1.03. The molecule has 0 saturated heterocycles. The molecule has 0 heterocycles. The van der Waals surface area contributed by atoms with Crippen LogP contribution in [0.2, 0.25) is 5.02 Å². The fraction of sp³-hybridized carbons (Fsp3) is 0.250. The summed E-state index contributed by atoms with van der Waals surface area (Å²) in [7, 11) is 0. The summed E-state index contributed by atoms with van der Waals surface area (Å²) in [6.45, 7) is 7.70. The molecule has 0 aromatic heterocycles. The molecule has 1 rings (SSSR count). The lowest BCUT2D eigenvalue weighted by molar-refractivity contribution is 0.103. The summed E-state index contributed by atoms with van der Waals surface area (Å²) >= 11 is 5.95. The molecule has 0 spiro atoms. The molecule has 15 heavy (non-hydrogen) atoms. The molecule has 1 aromatic rings. The highest BCUT2D eigenvalue weighted by Gasteiger charge is 2.09. The Balaban J connectivity index is 3.01. The predicted octanol–water partition coefficient (Wildman–Crippen LogP) is 3.50. The number of hydrogen-bond acceptors (Lipinski definition) is 2. The minimum atomic E-state index is -0.0973. The van der Waals surface area contributed by atoms with E-state index in [0.717, 1.165) is 0 Å². The zero-order valence-electron chi connectivity index (χ0n) is 8.84. The fourth-order valence-electron chi connectivity index (χ4n) is 1.16. The van der Waals surface area contributed by atoms with Crippen LogP contribution in [0, 0.1) is 0 Å². The van der Waals surface area contributed by atoms with Crippen LogP contribution < -0.4 is 4.74 Å².